The van der Waals surface area contributed by atoms with E-state index < -0.39 is 11.6 Å². The highest BCUT2D eigenvalue weighted by Gasteiger charge is 2.10. The quantitative estimate of drug-likeness (QED) is 0.743. The number of benzene rings is 1. The van der Waals surface area contributed by atoms with Crippen LogP contribution in [-0.2, 0) is 0 Å². The van der Waals surface area contributed by atoms with E-state index in [0.717, 1.165) is 16.8 Å². The summed E-state index contributed by atoms with van der Waals surface area (Å²) in [6.07, 6.45) is 0.481. The van der Waals surface area contributed by atoms with Crippen LogP contribution in [0.5, 0.6) is 0 Å². The normalized spacial score (nSPS) is 9.94. The molecule has 0 spiro atoms. The van der Waals surface area contributed by atoms with Crippen molar-refractivity contribution in [1.29, 1.82) is 5.26 Å². The molecule has 0 saturated heterocycles. The fourth-order valence-corrected chi connectivity index (χ4v) is 1.36. The lowest BCUT2D eigenvalue weighted by atomic mass is 10.3. The van der Waals surface area contributed by atoms with Gasteiger partial charge in [-0.1, -0.05) is 0 Å². The smallest absolute Gasteiger partial charge is 0.168 e. The molecule has 0 bridgehead atoms. The molecule has 0 aliphatic heterocycles. The summed E-state index contributed by atoms with van der Waals surface area (Å²) >= 11 is 0. The third-order valence-corrected chi connectivity index (χ3v) is 2.12. The number of hydrogen-bond donors (Lipinski definition) is 0. The Kier molecular flexibility index (Phi) is 2.66. The summed E-state index contributed by atoms with van der Waals surface area (Å²) in [7, 11) is 0. The Bertz CT molecular complexity index is 628. The number of nitrogens with zero attached hydrogens (tertiary/aromatic N) is 3. The third kappa shape index (κ3) is 1.90. The van der Waals surface area contributed by atoms with Crippen molar-refractivity contribution in [3.63, 3.8) is 0 Å². The molecule has 0 N–H and O–H groups in total. The molecule has 1 aromatic carbocycles. The van der Waals surface area contributed by atoms with Crippen LogP contribution in [0.1, 0.15) is 16.2 Å². The first kappa shape index (κ1) is 11.0. The second kappa shape index (κ2) is 4.14. The van der Waals surface area contributed by atoms with Crippen molar-refractivity contribution >= 4 is 6.29 Å². The molecule has 84 valence electrons. The average molecular weight is 233 g/mol. The minimum Gasteiger partial charge on any atom is -0.296 e. The minimum absolute atomic E-state index is 0.0248. The Morgan fingerprint density at radius 3 is 2.65 bits per heavy atom. The van der Waals surface area contributed by atoms with E-state index in [2.05, 4.69) is 5.10 Å². The van der Waals surface area contributed by atoms with Gasteiger partial charge in [0.15, 0.2) is 23.6 Å². The summed E-state index contributed by atoms with van der Waals surface area (Å²) in [5, 5.41) is 12.4. The Labute approximate surface area is 94.7 Å². The monoisotopic (exact) mass is 233 g/mol. The molecule has 4 nitrogen and oxygen atoms in total. The van der Waals surface area contributed by atoms with Crippen LogP contribution in [0.2, 0.25) is 0 Å². The van der Waals surface area contributed by atoms with Crippen molar-refractivity contribution in [2.24, 2.45) is 0 Å². The first-order valence-corrected chi connectivity index (χ1v) is 4.56. The molecular weight excluding hydrogens is 228 g/mol. The minimum atomic E-state index is -1.05. The zero-order chi connectivity index (χ0) is 12.4. The van der Waals surface area contributed by atoms with Crippen LogP contribution >= 0.6 is 0 Å². The number of aldehydes is 1. The number of carbonyl (C=O) groups excluding carboxylic acids is 1. The first-order valence-electron chi connectivity index (χ1n) is 4.56. The van der Waals surface area contributed by atoms with Gasteiger partial charge in [0.25, 0.3) is 0 Å². The topological polar surface area (TPSA) is 58.7 Å². The molecule has 1 heterocycles. The van der Waals surface area contributed by atoms with E-state index >= 15 is 0 Å². The molecule has 0 saturated carbocycles. The predicted octanol–water partition coefficient (Wildman–Crippen LogP) is 1.83. The Hall–Kier alpha value is -2.55. The number of carbonyl (C=O) groups is 1. The van der Waals surface area contributed by atoms with Crippen LogP contribution in [0.4, 0.5) is 8.78 Å². The van der Waals surface area contributed by atoms with E-state index in [-0.39, 0.29) is 17.1 Å². The molecule has 0 aliphatic rings. The largest absolute Gasteiger partial charge is 0.296 e. The van der Waals surface area contributed by atoms with E-state index in [4.69, 9.17) is 5.26 Å². The van der Waals surface area contributed by atoms with Crippen LogP contribution in [-0.4, -0.2) is 16.1 Å². The second-order valence-corrected chi connectivity index (χ2v) is 3.19. The summed E-state index contributed by atoms with van der Waals surface area (Å²) in [5.74, 6) is -2.04. The molecule has 0 amide bonds. The summed E-state index contributed by atoms with van der Waals surface area (Å²) in [5.41, 5.74) is 0.289. The van der Waals surface area contributed by atoms with Gasteiger partial charge in [-0.15, -0.1) is 0 Å². The van der Waals surface area contributed by atoms with Gasteiger partial charge in [-0.05, 0) is 12.1 Å². The lowest BCUT2D eigenvalue weighted by Crippen LogP contribution is -2.02. The first-order chi connectivity index (χ1) is 8.15. The number of halogens is 2. The van der Waals surface area contributed by atoms with E-state index in [0.29, 0.717) is 6.29 Å². The van der Waals surface area contributed by atoms with Gasteiger partial charge in [-0.2, -0.15) is 10.4 Å². The van der Waals surface area contributed by atoms with E-state index in [9.17, 15) is 13.6 Å². The van der Waals surface area contributed by atoms with Crippen molar-refractivity contribution in [1.82, 2.24) is 9.78 Å². The summed E-state index contributed by atoms with van der Waals surface area (Å²) in [4.78, 5) is 10.7. The lowest BCUT2D eigenvalue weighted by Gasteiger charge is -2.03. The van der Waals surface area contributed by atoms with Gasteiger partial charge >= 0.3 is 0 Å². The number of hydrogen-bond acceptors (Lipinski definition) is 3. The van der Waals surface area contributed by atoms with Crippen LogP contribution < -0.4 is 0 Å². The van der Waals surface area contributed by atoms with E-state index in [1.165, 1.54) is 12.1 Å². The molecule has 0 atom stereocenters. The highest BCUT2D eigenvalue weighted by Crippen LogP contribution is 2.14. The van der Waals surface area contributed by atoms with Gasteiger partial charge < -0.3 is 0 Å². The summed E-state index contributed by atoms with van der Waals surface area (Å²) in [6.45, 7) is 0. The molecule has 2 aromatic rings. The van der Waals surface area contributed by atoms with E-state index in [1.54, 1.807) is 6.07 Å². The second-order valence-electron chi connectivity index (χ2n) is 3.19. The SMILES string of the molecule is N#Cc1cc(C=O)n(-c2ccc(F)c(F)c2)n1. The molecule has 2 rings (SSSR count). The fourth-order valence-electron chi connectivity index (χ4n) is 1.36. The van der Waals surface area contributed by atoms with E-state index in [1.807, 2.05) is 0 Å². The molecular formula is C11H5F2N3O. The average Bonchev–Trinajstić information content (AvgIpc) is 2.76. The van der Waals surface area contributed by atoms with Crippen LogP contribution in [0, 0.1) is 23.0 Å². The zero-order valence-electron chi connectivity index (χ0n) is 8.39. The molecule has 17 heavy (non-hydrogen) atoms. The molecule has 0 aliphatic carbocycles. The zero-order valence-corrected chi connectivity index (χ0v) is 8.39. The maximum absolute atomic E-state index is 13.0. The van der Waals surface area contributed by atoms with Crippen LogP contribution in [0.3, 0.4) is 0 Å². The summed E-state index contributed by atoms with van der Waals surface area (Å²) < 4.78 is 26.8. The number of rotatable bonds is 2. The lowest BCUT2D eigenvalue weighted by molar-refractivity contribution is 0.111. The molecule has 6 heteroatoms. The molecule has 0 radical (unpaired) electrons. The van der Waals surface area contributed by atoms with Crippen LogP contribution in [0.25, 0.3) is 5.69 Å². The number of nitriles is 1. The van der Waals surface area contributed by atoms with Gasteiger partial charge in [0.05, 0.1) is 5.69 Å². The van der Waals surface area contributed by atoms with Crippen molar-refractivity contribution in [3.8, 4) is 11.8 Å². The van der Waals surface area contributed by atoms with Crippen molar-refractivity contribution in [2.45, 2.75) is 0 Å². The van der Waals surface area contributed by atoms with Gasteiger partial charge in [0.1, 0.15) is 11.8 Å². The predicted molar refractivity (Wildman–Crippen MR) is 53.6 cm³/mol. The van der Waals surface area contributed by atoms with Crippen molar-refractivity contribution in [3.05, 3.63) is 47.3 Å². The Morgan fingerprint density at radius 1 is 1.29 bits per heavy atom. The molecule has 0 unspecified atom stereocenters. The highest BCUT2D eigenvalue weighted by molar-refractivity contribution is 5.74. The fraction of sp³-hybridized carbons (Fsp3) is 0. The highest BCUT2D eigenvalue weighted by atomic mass is 19.2. The van der Waals surface area contributed by atoms with Crippen molar-refractivity contribution < 1.29 is 13.6 Å². The Balaban J connectivity index is 2.59. The molecule has 0 fully saturated rings. The third-order valence-electron chi connectivity index (χ3n) is 2.12. The van der Waals surface area contributed by atoms with Crippen LogP contribution in [0.15, 0.2) is 24.3 Å². The summed E-state index contributed by atoms with van der Waals surface area (Å²) in [6, 6.07) is 6.10. The van der Waals surface area contributed by atoms with Gasteiger partial charge in [-0.25, -0.2) is 13.5 Å². The standard InChI is InChI=1S/C11H5F2N3O/c12-10-2-1-8(4-11(10)13)16-9(6-17)3-7(5-14)15-16/h1-4,6H. The number of aromatic nitrogens is 2. The maximum atomic E-state index is 13.0. The van der Waals surface area contributed by atoms with Gasteiger partial charge in [-0.3, -0.25) is 4.79 Å². The molecule has 1 aromatic heterocycles. The van der Waals surface area contributed by atoms with Gasteiger partial charge in [0.2, 0.25) is 0 Å². The van der Waals surface area contributed by atoms with Crippen molar-refractivity contribution in [2.75, 3.05) is 0 Å². The maximum Gasteiger partial charge on any atom is 0.168 e. The van der Waals surface area contributed by atoms with Gasteiger partial charge in [0, 0.05) is 12.1 Å². The Morgan fingerprint density at radius 2 is 2.06 bits per heavy atom.